The average Bonchev–Trinajstić information content (AvgIpc) is 2.16. The number of benzene rings is 1. The number of carbonyl (C=O) groups is 1. The van der Waals surface area contributed by atoms with Crippen molar-refractivity contribution < 1.29 is 26.7 Å². The van der Waals surface area contributed by atoms with Gasteiger partial charge in [0.1, 0.15) is 0 Å². The Hall–Kier alpha value is -0.730. The minimum atomic E-state index is -5.87. The fourth-order valence-electron chi connectivity index (χ4n) is 0.911. The smallest absolute Gasteiger partial charge is 0.287 e. The van der Waals surface area contributed by atoms with Crippen LogP contribution in [0.25, 0.3) is 0 Å². The van der Waals surface area contributed by atoms with E-state index < -0.39 is 23.4 Å². The third kappa shape index (κ3) is 2.50. The van der Waals surface area contributed by atoms with Crippen molar-refractivity contribution in [1.82, 2.24) is 0 Å². The molecule has 88 valence electrons. The summed E-state index contributed by atoms with van der Waals surface area (Å²) in [6.45, 7) is 0. The molecule has 1 rings (SSSR count). The highest BCUT2D eigenvalue weighted by Gasteiger charge is 2.63. The Labute approximate surface area is 101 Å². The fraction of sp³-hybridized carbons (Fsp3) is 0.222. The highest BCUT2D eigenvalue weighted by Crippen LogP contribution is 2.37. The van der Waals surface area contributed by atoms with Gasteiger partial charge >= 0.3 is 12.1 Å². The lowest BCUT2D eigenvalue weighted by Crippen LogP contribution is -2.44. The first-order valence-corrected chi connectivity index (χ1v) is 4.99. The standard InChI is InChI=1S/C9H4F5IO/c10-8(11,9(12,13)14)7(16)5-1-3-6(15)4-2-5/h1-4H. The number of hydrogen-bond acceptors (Lipinski definition) is 1. The Morgan fingerprint density at radius 2 is 1.44 bits per heavy atom. The summed E-state index contributed by atoms with van der Waals surface area (Å²) < 4.78 is 61.5. The number of rotatable bonds is 2. The van der Waals surface area contributed by atoms with E-state index in [0.717, 1.165) is 12.1 Å². The predicted molar refractivity (Wildman–Crippen MR) is 54.5 cm³/mol. The van der Waals surface area contributed by atoms with E-state index in [4.69, 9.17) is 0 Å². The minimum absolute atomic E-state index is 0.629. The molecular formula is C9H4F5IO. The first-order valence-electron chi connectivity index (χ1n) is 3.91. The summed E-state index contributed by atoms with van der Waals surface area (Å²) in [5.41, 5.74) is -0.664. The Morgan fingerprint density at radius 1 is 1.00 bits per heavy atom. The van der Waals surface area contributed by atoms with Crippen molar-refractivity contribution in [1.29, 1.82) is 0 Å². The van der Waals surface area contributed by atoms with Gasteiger partial charge in [0.15, 0.2) is 0 Å². The molecule has 0 amide bonds. The van der Waals surface area contributed by atoms with Gasteiger partial charge in [0.25, 0.3) is 0 Å². The highest BCUT2D eigenvalue weighted by molar-refractivity contribution is 14.1. The van der Waals surface area contributed by atoms with Crippen LogP contribution in [0, 0.1) is 3.57 Å². The van der Waals surface area contributed by atoms with Gasteiger partial charge in [-0.2, -0.15) is 22.0 Å². The molecule has 0 aliphatic rings. The first-order chi connectivity index (χ1) is 7.16. The Balaban J connectivity index is 3.07. The van der Waals surface area contributed by atoms with Crippen LogP contribution in [0.3, 0.4) is 0 Å². The van der Waals surface area contributed by atoms with Gasteiger partial charge in [-0.1, -0.05) is 12.1 Å². The summed E-state index contributed by atoms with van der Waals surface area (Å²) in [6, 6.07) is 4.42. The summed E-state index contributed by atoms with van der Waals surface area (Å²) >= 11 is 1.84. The van der Waals surface area contributed by atoms with Crippen molar-refractivity contribution in [2.45, 2.75) is 12.1 Å². The van der Waals surface area contributed by atoms with Gasteiger partial charge in [-0.15, -0.1) is 0 Å². The van der Waals surface area contributed by atoms with Crippen LogP contribution < -0.4 is 0 Å². The lowest BCUT2D eigenvalue weighted by Gasteiger charge is -2.17. The molecule has 0 aliphatic carbocycles. The predicted octanol–water partition coefficient (Wildman–Crippen LogP) is 3.67. The van der Waals surface area contributed by atoms with E-state index in [-0.39, 0.29) is 0 Å². The largest absolute Gasteiger partial charge is 0.461 e. The second kappa shape index (κ2) is 4.27. The van der Waals surface area contributed by atoms with Crippen molar-refractivity contribution in [3.8, 4) is 0 Å². The molecule has 1 nitrogen and oxygen atoms in total. The van der Waals surface area contributed by atoms with E-state index in [1.165, 1.54) is 12.1 Å². The molecule has 0 unspecified atom stereocenters. The molecule has 16 heavy (non-hydrogen) atoms. The van der Waals surface area contributed by atoms with E-state index in [1.54, 1.807) is 0 Å². The Kier molecular flexibility index (Phi) is 3.56. The van der Waals surface area contributed by atoms with Crippen molar-refractivity contribution in [2.24, 2.45) is 0 Å². The Bertz CT molecular complexity index is 395. The van der Waals surface area contributed by atoms with Crippen LogP contribution >= 0.6 is 22.6 Å². The normalized spacial score (nSPS) is 12.6. The van der Waals surface area contributed by atoms with Crippen molar-refractivity contribution in [3.05, 3.63) is 33.4 Å². The van der Waals surface area contributed by atoms with Gasteiger partial charge in [-0.05, 0) is 34.7 Å². The number of hydrogen-bond donors (Lipinski definition) is 0. The van der Waals surface area contributed by atoms with Crippen LogP contribution in [0.2, 0.25) is 0 Å². The zero-order chi connectivity index (χ0) is 12.6. The van der Waals surface area contributed by atoms with Gasteiger partial charge in [-0.3, -0.25) is 4.79 Å². The molecule has 0 heterocycles. The SMILES string of the molecule is O=C(c1ccc(I)cc1)C(F)(F)C(F)(F)F. The van der Waals surface area contributed by atoms with E-state index in [0.29, 0.717) is 3.57 Å². The number of ketones is 1. The van der Waals surface area contributed by atoms with Gasteiger partial charge in [0, 0.05) is 9.13 Å². The van der Waals surface area contributed by atoms with E-state index in [9.17, 15) is 26.7 Å². The number of carbonyl (C=O) groups excluding carboxylic acids is 1. The summed E-state index contributed by atoms with van der Waals surface area (Å²) in [7, 11) is 0. The number of halogens is 6. The molecule has 0 bridgehead atoms. The molecule has 0 atom stereocenters. The molecule has 0 saturated heterocycles. The molecule has 0 fully saturated rings. The Morgan fingerprint density at radius 3 is 1.81 bits per heavy atom. The molecule has 0 radical (unpaired) electrons. The maximum Gasteiger partial charge on any atom is 0.461 e. The van der Waals surface area contributed by atoms with Gasteiger partial charge in [0.05, 0.1) is 0 Å². The molecule has 0 spiro atoms. The molecule has 1 aromatic rings. The summed E-state index contributed by atoms with van der Waals surface area (Å²) in [5.74, 6) is -7.59. The molecule has 1 aromatic carbocycles. The summed E-state index contributed by atoms with van der Waals surface area (Å²) in [5, 5.41) is 0. The first kappa shape index (κ1) is 13.3. The van der Waals surface area contributed by atoms with E-state index in [2.05, 4.69) is 0 Å². The summed E-state index contributed by atoms with van der Waals surface area (Å²) in [6.07, 6.45) is -5.87. The molecule has 0 aromatic heterocycles. The van der Waals surface area contributed by atoms with Crippen molar-refractivity contribution >= 4 is 28.4 Å². The van der Waals surface area contributed by atoms with Gasteiger partial charge < -0.3 is 0 Å². The van der Waals surface area contributed by atoms with Crippen LogP contribution in [0.15, 0.2) is 24.3 Å². The lowest BCUT2D eigenvalue weighted by molar-refractivity contribution is -0.255. The lowest BCUT2D eigenvalue weighted by atomic mass is 10.1. The zero-order valence-corrected chi connectivity index (χ0v) is 9.64. The zero-order valence-electron chi connectivity index (χ0n) is 7.49. The minimum Gasteiger partial charge on any atom is -0.287 e. The van der Waals surface area contributed by atoms with Crippen molar-refractivity contribution in [3.63, 3.8) is 0 Å². The number of alkyl halides is 5. The maximum atomic E-state index is 12.6. The van der Waals surface area contributed by atoms with Crippen LogP contribution in [-0.2, 0) is 0 Å². The molecule has 0 saturated carbocycles. The van der Waals surface area contributed by atoms with Crippen LogP contribution in [0.1, 0.15) is 10.4 Å². The highest BCUT2D eigenvalue weighted by atomic mass is 127. The quantitative estimate of drug-likeness (QED) is 0.452. The van der Waals surface area contributed by atoms with Gasteiger partial charge in [0.2, 0.25) is 5.78 Å². The second-order valence-corrected chi connectivity index (χ2v) is 4.15. The van der Waals surface area contributed by atoms with Gasteiger partial charge in [-0.25, -0.2) is 0 Å². The topological polar surface area (TPSA) is 17.1 Å². The van der Waals surface area contributed by atoms with Crippen LogP contribution in [0.4, 0.5) is 22.0 Å². The third-order valence-electron chi connectivity index (χ3n) is 1.75. The van der Waals surface area contributed by atoms with E-state index >= 15 is 0 Å². The molecule has 0 aliphatic heterocycles. The molecule has 0 N–H and O–H groups in total. The monoisotopic (exact) mass is 350 g/mol. The second-order valence-electron chi connectivity index (χ2n) is 2.91. The third-order valence-corrected chi connectivity index (χ3v) is 2.47. The van der Waals surface area contributed by atoms with Crippen molar-refractivity contribution in [2.75, 3.05) is 0 Å². The van der Waals surface area contributed by atoms with Crippen LogP contribution in [-0.4, -0.2) is 17.9 Å². The molecule has 7 heteroatoms. The fourth-order valence-corrected chi connectivity index (χ4v) is 1.27. The van der Waals surface area contributed by atoms with E-state index in [1.807, 2.05) is 22.6 Å². The average molecular weight is 350 g/mol. The summed E-state index contributed by atoms with van der Waals surface area (Å²) in [4.78, 5) is 11.0. The molecular weight excluding hydrogens is 346 g/mol. The number of Topliss-reactive ketones (excluding diaryl/α,β-unsaturated/α-hetero) is 1. The maximum absolute atomic E-state index is 12.6. The van der Waals surface area contributed by atoms with Crippen LogP contribution in [0.5, 0.6) is 0 Å².